The van der Waals surface area contributed by atoms with Crippen molar-refractivity contribution in [2.75, 3.05) is 0 Å². The van der Waals surface area contributed by atoms with Gasteiger partial charge in [0.05, 0.1) is 0 Å². The zero-order valence-electron chi connectivity index (χ0n) is 7.14. The number of aliphatic hydroxyl groups excluding tert-OH is 1. The van der Waals surface area contributed by atoms with Crippen molar-refractivity contribution in [2.24, 2.45) is 5.41 Å². The maximum absolute atomic E-state index is 10.7. The Hall–Kier alpha value is -0.370. The minimum Gasteiger partial charge on any atom is -0.385 e. The van der Waals surface area contributed by atoms with Crippen molar-refractivity contribution in [3.63, 3.8) is 0 Å². The van der Waals surface area contributed by atoms with E-state index in [1.54, 1.807) is 0 Å². The van der Waals surface area contributed by atoms with Crippen LogP contribution >= 0.6 is 0 Å². The Bertz CT molecular complexity index is 127. The Balaban J connectivity index is 4.17. The molecule has 2 nitrogen and oxygen atoms in total. The molecule has 0 spiro atoms. The summed E-state index contributed by atoms with van der Waals surface area (Å²) in [7, 11) is 0. The molecule has 60 valence electrons. The van der Waals surface area contributed by atoms with E-state index in [0.717, 1.165) is 6.42 Å². The second kappa shape index (κ2) is 3.15. The molecule has 0 saturated heterocycles. The first kappa shape index (κ1) is 9.63. The van der Waals surface area contributed by atoms with E-state index in [1.807, 2.05) is 20.8 Å². The van der Waals surface area contributed by atoms with Crippen LogP contribution in [0.3, 0.4) is 0 Å². The summed E-state index contributed by atoms with van der Waals surface area (Å²) in [4.78, 5) is 10.7. The van der Waals surface area contributed by atoms with E-state index in [4.69, 9.17) is 0 Å². The van der Waals surface area contributed by atoms with Crippen molar-refractivity contribution in [2.45, 2.75) is 40.2 Å². The second-order valence-electron chi connectivity index (χ2n) is 3.36. The maximum atomic E-state index is 10.7. The lowest BCUT2D eigenvalue weighted by atomic mass is 9.82. The van der Waals surface area contributed by atoms with Crippen LogP contribution in [0.4, 0.5) is 0 Å². The van der Waals surface area contributed by atoms with Crippen LogP contribution in [0.5, 0.6) is 0 Å². The molecule has 1 atom stereocenters. The van der Waals surface area contributed by atoms with Gasteiger partial charge < -0.3 is 5.11 Å². The molecular weight excluding hydrogens is 128 g/mol. The average Bonchev–Trinajstić information content (AvgIpc) is 1.86. The summed E-state index contributed by atoms with van der Waals surface area (Å²) >= 11 is 0. The summed E-state index contributed by atoms with van der Waals surface area (Å²) in [6.45, 7) is 7.16. The molecule has 0 heterocycles. The molecule has 10 heavy (non-hydrogen) atoms. The molecule has 0 aromatic rings. The molecule has 0 saturated carbocycles. The highest BCUT2D eigenvalue weighted by Gasteiger charge is 2.28. The highest BCUT2D eigenvalue weighted by atomic mass is 16.3. The van der Waals surface area contributed by atoms with Gasteiger partial charge in [0.1, 0.15) is 6.10 Å². The Morgan fingerprint density at radius 1 is 1.60 bits per heavy atom. The first-order valence-corrected chi connectivity index (χ1v) is 3.60. The highest BCUT2D eigenvalue weighted by Crippen LogP contribution is 2.24. The molecule has 2 heteroatoms. The van der Waals surface area contributed by atoms with Gasteiger partial charge in [-0.2, -0.15) is 0 Å². The summed E-state index contributed by atoms with van der Waals surface area (Å²) in [5.74, 6) is -0.146. The average molecular weight is 144 g/mol. The van der Waals surface area contributed by atoms with Gasteiger partial charge in [0.2, 0.25) is 0 Å². The first-order chi connectivity index (χ1) is 4.41. The Kier molecular flexibility index (Phi) is 3.03. The number of Topliss-reactive ketones (excluding diaryl/α,β-unsaturated/α-hetero) is 1. The lowest BCUT2D eigenvalue weighted by Gasteiger charge is -2.26. The quantitative estimate of drug-likeness (QED) is 0.649. The minimum absolute atomic E-state index is 0.146. The van der Waals surface area contributed by atoms with E-state index >= 15 is 0 Å². The van der Waals surface area contributed by atoms with Crippen LogP contribution in [0, 0.1) is 5.41 Å². The summed E-state index contributed by atoms with van der Waals surface area (Å²) in [6.07, 6.45) is 0.00537. The number of ketones is 1. The SMILES string of the molecule is CCC(C)(C)[C@H](O)C(C)=O. The van der Waals surface area contributed by atoms with Gasteiger partial charge in [-0.15, -0.1) is 0 Å². The van der Waals surface area contributed by atoms with E-state index < -0.39 is 6.10 Å². The second-order valence-corrected chi connectivity index (χ2v) is 3.36. The zero-order chi connectivity index (χ0) is 8.36. The normalized spacial score (nSPS) is 14.9. The largest absolute Gasteiger partial charge is 0.385 e. The van der Waals surface area contributed by atoms with Crippen molar-refractivity contribution in [1.82, 2.24) is 0 Å². The van der Waals surface area contributed by atoms with Crippen molar-refractivity contribution in [1.29, 1.82) is 0 Å². The van der Waals surface area contributed by atoms with E-state index in [-0.39, 0.29) is 11.2 Å². The zero-order valence-corrected chi connectivity index (χ0v) is 7.14. The Labute approximate surface area is 62.2 Å². The molecule has 0 aliphatic rings. The monoisotopic (exact) mass is 144 g/mol. The molecule has 0 aliphatic heterocycles. The fourth-order valence-electron chi connectivity index (χ4n) is 0.744. The molecule has 0 aromatic carbocycles. The van der Waals surface area contributed by atoms with Crippen molar-refractivity contribution < 1.29 is 9.90 Å². The van der Waals surface area contributed by atoms with Crippen molar-refractivity contribution in [3.8, 4) is 0 Å². The van der Waals surface area contributed by atoms with Crippen molar-refractivity contribution in [3.05, 3.63) is 0 Å². The van der Waals surface area contributed by atoms with Gasteiger partial charge in [-0.25, -0.2) is 0 Å². The fraction of sp³-hybridized carbons (Fsp3) is 0.875. The molecule has 0 unspecified atom stereocenters. The van der Waals surface area contributed by atoms with Gasteiger partial charge in [-0.05, 0) is 18.8 Å². The number of rotatable bonds is 3. The molecule has 0 radical (unpaired) electrons. The van der Waals surface area contributed by atoms with Crippen LogP contribution in [0.2, 0.25) is 0 Å². The molecule has 0 aromatic heterocycles. The van der Waals surface area contributed by atoms with Crippen LogP contribution in [-0.4, -0.2) is 17.0 Å². The number of aliphatic hydroxyl groups is 1. The van der Waals surface area contributed by atoms with Gasteiger partial charge in [0.25, 0.3) is 0 Å². The van der Waals surface area contributed by atoms with Gasteiger partial charge in [0.15, 0.2) is 5.78 Å². The predicted octanol–water partition coefficient (Wildman–Crippen LogP) is 1.37. The topological polar surface area (TPSA) is 37.3 Å². The van der Waals surface area contributed by atoms with Gasteiger partial charge in [0, 0.05) is 0 Å². The lowest BCUT2D eigenvalue weighted by Crippen LogP contribution is -2.34. The summed E-state index contributed by atoms with van der Waals surface area (Å²) in [5, 5.41) is 9.30. The van der Waals surface area contributed by atoms with Crippen molar-refractivity contribution >= 4 is 5.78 Å². The molecule has 0 rings (SSSR count). The molecule has 0 bridgehead atoms. The molecular formula is C8H16O2. The number of hydrogen-bond donors (Lipinski definition) is 1. The van der Waals surface area contributed by atoms with Gasteiger partial charge in [-0.3, -0.25) is 4.79 Å². The fourth-order valence-corrected chi connectivity index (χ4v) is 0.744. The maximum Gasteiger partial charge on any atom is 0.158 e. The van der Waals surface area contributed by atoms with Crippen LogP contribution in [0.25, 0.3) is 0 Å². The molecule has 0 aliphatic carbocycles. The molecule has 0 amide bonds. The van der Waals surface area contributed by atoms with E-state index in [2.05, 4.69) is 0 Å². The Morgan fingerprint density at radius 2 is 2.00 bits per heavy atom. The summed E-state index contributed by atoms with van der Waals surface area (Å²) in [5.41, 5.74) is -0.272. The van der Waals surface area contributed by atoms with E-state index in [1.165, 1.54) is 6.92 Å². The lowest BCUT2D eigenvalue weighted by molar-refractivity contribution is -0.130. The van der Waals surface area contributed by atoms with E-state index in [9.17, 15) is 9.90 Å². The van der Waals surface area contributed by atoms with Crippen LogP contribution in [0.15, 0.2) is 0 Å². The van der Waals surface area contributed by atoms with Gasteiger partial charge >= 0.3 is 0 Å². The first-order valence-electron chi connectivity index (χ1n) is 3.60. The standard InChI is InChI=1S/C8H16O2/c1-5-8(3,4)7(10)6(2)9/h7,10H,5H2,1-4H3/t7-/m1/s1. The predicted molar refractivity (Wildman–Crippen MR) is 40.8 cm³/mol. The third kappa shape index (κ3) is 2.10. The van der Waals surface area contributed by atoms with Gasteiger partial charge in [-0.1, -0.05) is 20.8 Å². The van der Waals surface area contributed by atoms with Crippen LogP contribution < -0.4 is 0 Å². The number of carbonyl (C=O) groups is 1. The minimum atomic E-state index is -0.808. The van der Waals surface area contributed by atoms with Crippen LogP contribution in [0.1, 0.15) is 34.1 Å². The molecule has 1 N–H and O–H groups in total. The van der Waals surface area contributed by atoms with Crippen LogP contribution in [-0.2, 0) is 4.79 Å². The number of hydrogen-bond acceptors (Lipinski definition) is 2. The van der Waals surface area contributed by atoms with E-state index in [0.29, 0.717) is 0 Å². The number of carbonyl (C=O) groups excluding carboxylic acids is 1. The third-order valence-corrected chi connectivity index (χ3v) is 2.04. The third-order valence-electron chi connectivity index (χ3n) is 2.04. The molecule has 0 fully saturated rings. The summed E-state index contributed by atoms with van der Waals surface area (Å²) in [6, 6.07) is 0. The summed E-state index contributed by atoms with van der Waals surface area (Å²) < 4.78 is 0. The highest BCUT2D eigenvalue weighted by molar-refractivity contribution is 5.80. The Morgan fingerprint density at radius 3 is 2.10 bits per heavy atom. The smallest absolute Gasteiger partial charge is 0.158 e.